The van der Waals surface area contributed by atoms with E-state index in [0.29, 0.717) is 12.1 Å². The molecule has 0 atom stereocenters. The number of carbonyl (C=O) groups is 1. The zero-order valence-corrected chi connectivity index (χ0v) is 13.1. The molecule has 2 N–H and O–H groups in total. The predicted molar refractivity (Wildman–Crippen MR) is 89.6 cm³/mol. The molecule has 0 heterocycles. The first-order valence-electron chi connectivity index (χ1n) is 7.23. The van der Waals surface area contributed by atoms with Gasteiger partial charge in [-0.3, -0.25) is 14.9 Å². The van der Waals surface area contributed by atoms with Crippen LogP contribution in [-0.4, -0.2) is 22.9 Å². The van der Waals surface area contributed by atoms with Gasteiger partial charge in [-0.1, -0.05) is 18.2 Å². The van der Waals surface area contributed by atoms with E-state index in [1.807, 2.05) is 44.2 Å². The molecule has 6 heteroatoms. The Labute approximate surface area is 134 Å². The summed E-state index contributed by atoms with van der Waals surface area (Å²) in [7, 11) is 0. The number of carbonyl (C=O) groups excluding carboxylic acids is 1. The van der Waals surface area contributed by atoms with Crippen molar-refractivity contribution in [2.24, 2.45) is 0 Å². The van der Waals surface area contributed by atoms with Crippen LogP contribution in [0, 0.1) is 10.1 Å². The van der Waals surface area contributed by atoms with Crippen molar-refractivity contribution in [2.75, 3.05) is 11.9 Å². The van der Waals surface area contributed by atoms with Gasteiger partial charge in [-0.2, -0.15) is 0 Å². The van der Waals surface area contributed by atoms with Crippen molar-refractivity contribution < 1.29 is 9.72 Å². The lowest BCUT2D eigenvalue weighted by Gasteiger charge is -2.28. The summed E-state index contributed by atoms with van der Waals surface area (Å²) in [4.78, 5) is 22.2. The minimum Gasteiger partial charge on any atom is -0.378 e. The molecule has 0 aromatic heterocycles. The number of non-ortho nitro benzene ring substituents is 1. The maximum absolute atomic E-state index is 12.1. The third-order valence-electron chi connectivity index (χ3n) is 3.29. The van der Waals surface area contributed by atoms with Crippen LogP contribution in [0.1, 0.15) is 24.2 Å². The Bertz CT molecular complexity index is 682. The first-order chi connectivity index (χ1) is 10.9. The summed E-state index contributed by atoms with van der Waals surface area (Å²) < 4.78 is 0. The maximum atomic E-state index is 12.1. The molecular weight excluding hydrogens is 294 g/mol. The number of amides is 1. The fourth-order valence-corrected chi connectivity index (χ4v) is 2.09. The molecular formula is C17H19N3O3. The third-order valence-corrected chi connectivity index (χ3v) is 3.29. The number of hydrogen-bond donors (Lipinski definition) is 2. The lowest BCUT2D eigenvalue weighted by Crippen LogP contribution is -2.44. The molecule has 0 aliphatic carbocycles. The summed E-state index contributed by atoms with van der Waals surface area (Å²) in [6, 6.07) is 15.3. The third kappa shape index (κ3) is 4.81. The van der Waals surface area contributed by atoms with Gasteiger partial charge in [0.25, 0.3) is 11.6 Å². The molecule has 0 fully saturated rings. The van der Waals surface area contributed by atoms with Gasteiger partial charge < -0.3 is 10.6 Å². The number of nitro benzene ring substituents is 1. The summed E-state index contributed by atoms with van der Waals surface area (Å²) in [6.07, 6.45) is 0. The van der Waals surface area contributed by atoms with Crippen LogP contribution < -0.4 is 10.6 Å². The second-order valence-corrected chi connectivity index (χ2v) is 5.86. The molecule has 0 bridgehead atoms. The first-order valence-corrected chi connectivity index (χ1v) is 7.23. The molecule has 120 valence electrons. The first kappa shape index (κ1) is 16.5. The number of nitrogens with zero attached hydrogens (tertiary/aromatic N) is 1. The highest BCUT2D eigenvalue weighted by Crippen LogP contribution is 2.15. The predicted octanol–water partition coefficient (Wildman–Crippen LogP) is 3.22. The maximum Gasteiger partial charge on any atom is 0.269 e. The summed E-state index contributed by atoms with van der Waals surface area (Å²) in [5, 5.41) is 16.8. The van der Waals surface area contributed by atoms with Crippen LogP contribution in [0.5, 0.6) is 0 Å². The molecule has 2 rings (SSSR count). The van der Waals surface area contributed by atoms with Crippen LogP contribution in [0.15, 0.2) is 54.6 Å². The van der Waals surface area contributed by atoms with E-state index < -0.39 is 4.92 Å². The molecule has 1 amide bonds. The van der Waals surface area contributed by atoms with Crippen molar-refractivity contribution in [3.8, 4) is 0 Å². The molecule has 2 aromatic rings. The molecule has 0 spiro atoms. The number of para-hydroxylation sites is 1. The molecule has 0 aliphatic heterocycles. The number of nitrogens with one attached hydrogen (secondary N) is 2. The normalized spacial score (nSPS) is 10.9. The van der Waals surface area contributed by atoms with Crippen LogP contribution in [0.25, 0.3) is 0 Å². The summed E-state index contributed by atoms with van der Waals surface area (Å²) in [5.41, 5.74) is 0.999. The minimum absolute atomic E-state index is 0.0346. The van der Waals surface area contributed by atoms with Gasteiger partial charge in [0, 0.05) is 35.5 Å². The Balaban J connectivity index is 1.93. The molecule has 2 aromatic carbocycles. The van der Waals surface area contributed by atoms with E-state index in [-0.39, 0.29) is 17.1 Å². The average Bonchev–Trinajstić information content (AvgIpc) is 2.53. The monoisotopic (exact) mass is 313 g/mol. The van der Waals surface area contributed by atoms with Crippen LogP contribution in [0.3, 0.4) is 0 Å². The molecule has 23 heavy (non-hydrogen) atoms. The Morgan fingerprint density at radius 3 is 2.26 bits per heavy atom. The Morgan fingerprint density at radius 2 is 1.70 bits per heavy atom. The van der Waals surface area contributed by atoms with E-state index in [9.17, 15) is 14.9 Å². The SMILES string of the molecule is CC(C)(CNC(=O)c1ccc([N+](=O)[O-])cc1)Nc1ccccc1. The highest BCUT2D eigenvalue weighted by atomic mass is 16.6. The number of hydrogen-bond acceptors (Lipinski definition) is 4. The zero-order valence-electron chi connectivity index (χ0n) is 13.1. The molecule has 0 saturated carbocycles. The van der Waals surface area contributed by atoms with E-state index in [1.165, 1.54) is 24.3 Å². The van der Waals surface area contributed by atoms with E-state index in [4.69, 9.17) is 0 Å². The smallest absolute Gasteiger partial charge is 0.269 e. The van der Waals surface area contributed by atoms with E-state index >= 15 is 0 Å². The van der Waals surface area contributed by atoms with Gasteiger partial charge in [0.1, 0.15) is 0 Å². The standard InChI is InChI=1S/C17H19N3O3/c1-17(2,19-14-6-4-3-5-7-14)12-18-16(21)13-8-10-15(11-9-13)20(22)23/h3-11,19H,12H2,1-2H3,(H,18,21). The van der Waals surface area contributed by atoms with Crippen molar-refractivity contribution in [1.29, 1.82) is 0 Å². The van der Waals surface area contributed by atoms with E-state index in [1.54, 1.807) is 0 Å². The fraction of sp³-hybridized carbons (Fsp3) is 0.235. The van der Waals surface area contributed by atoms with Gasteiger partial charge in [0.2, 0.25) is 0 Å². The second kappa shape index (κ2) is 6.91. The quantitative estimate of drug-likeness (QED) is 0.633. The van der Waals surface area contributed by atoms with Crippen molar-refractivity contribution >= 4 is 17.3 Å². The summed E-state index contributed by atoms with van der Waals surface area (Å²) >= 11 is 0. The van der Waals surface area contributed by atoms with E-state index in [2.05, 4.69) is 10.6 Å². The van der Waals surface area contributed by atoms with Crippen LogP contribution >= 0.6 is 0 Å². The highest BCUT2D eigenvalue weighted by Gasteiger charge is 2.19. The van der Waals surface area contributed by atoms with Crippen molar-refractivity contribution in [1.82, 2.24) is 5.32 Å². The minimum atomic E-state index is -0.491. The number of anilines is 1. The lowest BCUT2D eigenvalue weighted by atomic mass is 10.0. The van der Waals surface area contributed by atoms with Gasteiger partial charge in [0.05, 0.1) is 4.92 Å². The fourth-order valence-electron chi connectivity index (χ4n) is 2.09. The molecule has 0 saturated heterocycles. The molecule has 0 radical (unpaired) electrons. The average molecular weight is 313 g/mol. The van der Waals surface area contributed by atoms with Gasteiger partial charge in [-0.25, -0.2) is 0 Å². The summed E-state index contributed by atoms with van der Waals surface area (Å²) in [5.74, 6) is -0.261. The largest absolute Gasteiger partial charge is 0.378 e. The molecule has 0 aliphatic rings. The van der Waals surface area contributed by atoms with Gasteiger partial charge in [-0.15, -0.1) is 0 Å². The van der Waals surface area contributed by atoms with E-state index in [0.717, 1.165) is 5.69 Å². The van der Waals surface area contributed by atoms with Crippen LogP contribution in [0.2, 0.25) is 0 Å². The zero-order chi connectivity index (χ0) is 16.9. The Kier molecular flexibility index (Phi) is 4.95. The van der Waals surface area contributed by atoms with Gasteiger partial charge in [-0.05, 0) is 38.1 Å². The topological polar surface area (TPSA) is 84.3 Å². The summed E-state index contributed by atoms with van der Waals surface area (Å²) in [6.45, 7) is 4.38. The Hall–Kier alpha value is -2.89. The van der Waals surface area contributed by atoms with Gasteiger partial charge >= 0.3 is 0 Å². The van der Waals surface area contributed by atoms with Crippen molar-refractivity contribution in [2.45, 2.75) is 19.4 Å². The molecule has 0 unspecified atom stereocenters. The lowest BCUT2D eigenvalue weighted by molar-refractivity contribution is -0.384. The van der Waals surface area contributed by atoms with Crippen molar-refractivity contribution in [3.63, 3.8) is 0 Å². The highest BCUT2D eigenvalue weighted by molar-refractivity contribution is 5.94. The van der Waals surface area contributed by atoms with Crippen molar-refractivity contribution in [3.05, 3.63) is 70.3 Å². The number of rotatable bonds is 6. The van der Waals surface area contributed by atoms with Gasteiger partial charge in [0.15, 0.2) is 0 Å². The molecule has 6 nitrogen and oxygen atoms in total. The second-order valence-electron chi connectivity index (χ2n) is 5.86. The van der Waals surface area contributed by atoms with Crippen LogP contribution in [0.4, 0.5) is 11.4 Å². The number of nitro groups is 1. The number of benzene rings is 2. The Morgan fingerprint density at radius 1 is 1.09 bits per heavy atom. The van der Waals surface area contributed by atoms with Crippen LogP contribution in [-0.2, 0) is 0 Å².